The Labute approximate surface area is 176 Å². The van der Waals surface area contributed by atoms with Gasteiger partial charge < -0.3 is 20.3 Å². The van der Waals surface area contributed by atoms with E-state index in [0.717, 1.165) is 24.2 Å². The number of nitrogens with one attached hydrogen (secondary N) is 2. The fourth-order valence-electron chi connectivity index (χ4n) is 2.72. The molecule has 0 aromatic heterocycles. The fraction of sp³-hybridized carbons (Fsp3) is 0.409. The van der Waals surface area contributed by atoms with Crippen molar-refractivity contribution in [3.63, 3.8) is 0 Å². The summed E-state index contributed by atoms with van der Waals surface area (Å²) in [7, 11) is 3.78. The predicted octanol–water partition coefficient (Wildman–Crippen LogP) is 3.94. The molecule has 0 radical (unpaired) electrons. The lowest BCUT2D eigenvalue weighted by molar-refractivity contribution is -0.153. The molecule has 0 bridgehead atoms. The maximum absolute atomic E-state index is 12.2. The Morgan fingerprint density at radius 3 is 2.23 bits per heavy atom. The molecule has 2 rings (SSSR count). The van der Waals surface area contributed by atoms with E-state index < -0.39 is 12.8 Å². The molecule has 0 spiro atoms. The standard InChI is InChI=1S/C22H29F3N4O/c1-4-29(3)15-19-7-5-6-18(12-19)14-28-21(26-2)27-13-17-8-10-20(11-9-17)30-16-22(23,24)25/h5-12H,4,13-16H2,1-3H3,(H2,26,27,28). The molecule has 5 nitrogen and oxygen atoms in total. The van der Waals surface area contributed by atoms with Crippen molar-refractivity contribution >= 4 is 5.96 Å². The molecule has 164 valence electrons. The Kier molecular flexibility index (Phi) is 8.98. The van der Waals surface area contributed by atoms with Crippen LogP contribution < -0.4 is 15.4 Å². The van der Waals surface area contributed by atoms with E-state index in [1.807, 2.05) is 0 Å². The summed E-state index contributed by atoms with van der Waals surface area (Å²) in [4.78, 5) is 6.46. The number of alkyl halides is 3. The summed E-state index contributed by atoms with van der Waals surface area (Å²) in [6, 6.07) is 14.9. The van der Waals surface area contributed by atoms with Crippen molar-refractivity contribution in [3.05, 3.63) is 65.2 Å². The molecule has 0 fully saturated rings. The molecule has 0 aliphatic heterocycles. The molecule has 0 aliphatic rings. The van der Waals surface area contributed by atoms with Crippen molar-refractivity contribution in [1.82, 2.24) is 15.5 Å². The van der Waals surface area contributed by atoms with E-state index in [2.05, 4.69) is 58.8 Å². The van der Waals surface area contributed by atoms with Gasteiger partial charge in [-0.15, -0.1) is 0 Å². The van der Waals surface area contributed by atoms with Crippen LogP contribution in [0.4, 0.5) is 13.2 Å². The first-order valence-corrected chi connectivity index (χ1v) is 9.78. The van der Waals surface area contributed by atoms with Gasteiger partial charge in [0.05, 0.1) is 0 Å². The predicted molar refractivity (Wildman–Crippen MR) is 113 cm³/mol. The van der Waals surface area contributed by atoms with Gasteiger partial charge in [0.1, 0.15) is 5.75 Å². The number of rotatable bonds is 9. The van der Waals surface area contributed by atoms with Crippen molar-refractivity contribution in [1.29, 1.82) is 0 Å². The number of aliphatic imine (C=N–C) groups is 1. The molecular weight excluding hydrogens is 393 g/mol. The minimum atomic E-state index is -4.34. The van der Waals surface area contributed by atoms with Crippen LogP contribution in [0, 0.1) is 0 Å². The van der Waals surface area contributed by atoms with Crippen LogP contribution in [0.15, 0.2) is 53.5 Å². The number of ether oxygens (including phenoxy) is 1. The van der Waals surface area contributed by atoms with Crippen molar-refractivity contribution < 1.29 is 17.9 Å². The Hall–Kier alpha value is -2.74. The lowest BCUT2D eigenvalue weighted by Crippen LogP contribution is -2.36. The van der Waals surface area contributed by atoms with Gasteiger partial charge in [0.2, 0.25) is 0 Å². The van der Waals surface area contributed by atoms with Crippen molar-refractivity contribution in [2.75, 3.05) is 27.2 Å². The zero-order valence-corrected chi connectivity index (χ0v) is 17.6. The zero-order chi connectivity index (χ0) is 22.0. The number of benzene rings is 2. The van der Waals surface area contributed by atoms with Crippen molar-refractivity contribution in [2.45, 2.75) is 32.7 Å². The maximum atomic E-state index is 12.2. The first-order valence-electron chi connectivity index (χ1n) is 9.78. The van der Waals surface area contributed by atoms with Crippen LogP contribution in [0.25, 0.3) is 0 Å². The van der Waals surface area contributed by atoms with E-state index in [4.69, 9.17) is 4.74 Å². The first-order chi connectivity index (χ1) is 14.3. The molecule has 0 atom stereocenters. The molecule has 30 heavy (non-hydrogen) atoms. The summed E-state index contributed by atoms with van der Waals surface area (Å²) in [5.74, 6) is 0.829. The maximum Gasteiger partial charge on any atom is 0.422 e. The van der Waals surface area contributed by atoms with Crippen LogP contribution >= 0.6 is 0 Å². The normalized spacial score (nSPS) is 12.2. The van der Waals surface area contributed by atoms with Gasteiger partial charge >= 0.3 is 6.18 Å². The SMILES string of the molecule is CCN(C)Cc1cccc(CNC(=NC)NCc2ccc(OCC(F)(F)F)cc2)c1. The summed E-state index contributed by atoms with van der Waals surface area (Å²) in [6.07, 6.45) is -4.34. The van der Waals surface area contributed by atoms with Gasteiger partial charge in [-0.1, -0.05) is 43.3 Å². The number of hydrogen-bond donors (Lipinski definition) is 2. The highest BCUT2D eigenvalue weighted by atomic mass is 19.4. The van der Waals surface area contributed by atoms with Gasteiger partial charge in [0, 0.05) is 26.7 Å². The van der Waals surface area contributed by atoms with E-state index in [-0.39, 0.29) is 5.75 Å². The smallest absolute Gasteiger partial charge is 0.422 e. The zero-order valence-electron chi connectivity index (χ0n) is 17.6. The first kappa shape index (κ1) is 23.5. The molecular formula is C22H29F3N4O. The Balaban J connectivity index is 1.82. The second-order valence-electron chi connectivity index (χ2n) is 6.98. The largest absolute Gasteiger partial charge is 0.484 e. The number of nitrogens with zero attached hydrogens (tertiary/aromatic N) is 2. The van der Waals surface area contributed by atoms with Crippen molar-refractivity contribution in [2.24, 2.45) is 4.99 Å². The average Bonchev–Trinajstić information content (AvgIpc) is 2.73. The molecule has 8 heteroatoms. The van der Waals surface area contributed by atoms with Gasteiger partial charge in [-0.05, 0) is 42.4 Å². The molecule has 0 saturated carbocycles. The van der Waals surface area contributed by atoms with Crippen molar-refractivity contribution in [3.8, 4) is 5.75 Å². The quantitative estimate of drug-likeness (QED) is 0.475. The van der Waals surface area contributed by atoms with Crippen LogP contribution in [0.5, 0.6) is 5.75 Å². The molecule has 0 aliphatic carbocycles. The molecule has 0 saturated heterocycles. The molecule has 0 amide bonds. The topological polar surface area (TPSA) is 48.9 Å². The second-order valence-corrected chi connectivity index (χ2v) is 6.98. The lowest BCUT2D eigenvalue weighted by Gasteiger charge is -2.15. The molecule has 0 unspecified atom stereocenters. The van der Waals surface area contributed by atoms with Crippen LogP contribution in [-0.4, -0.2) is 44.3 Å². The fourth-order valence-corrected chi connectivity index (χ4v) is 2.72. The Morgan fingerprint density at radius 2 is 1.63 bits per heavy atom. The van der Waals surface area contributed by atoms with E-state index >= 15 is 0 Å². The molecule has 2 N–H and O–H groups in total. The van der Waals surface area contributed by atoms with E-state index in [0.29, 0.717) is 19.0 Å². The Morgan fingerprint density at radius 1 is 1.00 bits per heavy atom. The van der Waals surface area contributed by atoms with Crippen LogP contribution in [-0.2, 0) is 19.6 Å². The van der Waals surface area contributed by atoms with Crippen LogP contribution in [0.1, 0.15) is 23.6 Å². The Bertz CT molecular complexity index is 807. The highest BCUT2D eigenvalue weighted by Gasteiger charge is 2.28. The van der Waals surface area contributed by atoms with E-state index in [9.17, 15) is 13.2 Å². The summed E-state index contributed by atoms with van der Waals surface area (Å²) in [5.41, 5.74) is 3.32. The van der Waals surface area contributed by atoms with Gasteiger partial charge in [-0.3, -0.25) is 4.99 Å². The minimum Gasteiger partial charge on any atom is -0.484 e. The van der Waals surface area contributed by atoms with Crippen LogP contribution in [0.2, 0.25) is 0 Å². The number of hydrogen-bond acceptors (Lipinski definition) is 3. The third-order valence-electron chi connectivity index (χ3n) is 4.45. The summed E-state index contributed by atoms with van der Waals surface area (Å²) in [6.45, 7) is 3.85. The average molecular weight is 422 g/mol. The second kappa shape index (κ2) is 11.4. The summed E-state index contributed by atoms with van der Waals surface area (Å²) in [5, 5.41) is 6.47. The van der Waals surface area contributed by atoms with E-state index in [1.165, 1.54) is 17.7 Å². The third-order valence-corrected chi connectivity index (χ3v) is 4.45. The highest BCUT2D eigenvalue weighted by molar-refractivity contribution is 5.79. The highest BCUT2D eigenvalue weighted by Crippen LogP contribution is 2.18. The van der Waals surface area contributed by atoms with Gasteiger partial charge in [-0.25, -0.2) is 0 Å². The summed E-state index contributed by atoms with van der Waals surface area (Å²) >= 11 is 0. The molecule has 0 heterocycles. The monoisotopic (exact) mass is 422 g/mol. The van der Waals surface area contributed by atoms with E-state index in [1.54, 1.807) is 19.2 Å². The number of halogens is 3. The van der Waals surface area contributed by atoms with Crippen LogP contribution in [0.3, 0.4) is 0 Å². The minimum absolute atomic E-state index is 0.187. The van der Waals surface area contributed by atoms with Gasteiger partial charge in [0.25, 0.3) is 0 Å². The summed E-state index contributed by atoms with van der Waals surface area (Å²) < 4.78 is 41.3. The molecule has 2 aromatic rings. The molecule has 2 aromatic carbocycles. The van der Waals surface area contributed by atoms with Gasteiger partial charge in [-0.2, -0.15) is 13.2 Å². The number of guanidine groups is 1. The lowest BCUT2D eigenvalue weighted by atomic mass is 10.1. The van der Waals surface area contributed by atoms with Gasteiger partial charge in [0.15, 0.2) is 12.6 Å². The third kappa shape index (κ3) is 8.73.